The minimum Gasteiger partial charge on any atom is -0.352 e. The van der Waals surface area contributed by atoms with Crippen molar-refractivity contribution in [2.24, 2.45) is 0 Å². The third-order valence-corrected chi connectivity index (χ3v) is 3.37. The van der Waals surface area contributed by atoms with Crippen molar-refractivity contribution < 1.29 is 18.7 Å². The van der Waals surface area contributed by atoms with Crippen LogP contribution in [0, 0.1) is 0 Å². The summed E-state index contributed by atoms with van der Waals surface area (Å²) < 4.78 is 22.6. The van der Waals surface area contributed by atoms with Crippen molar-refractivity contribution in [3.63, 3.8) is 0 Å². The molecule has 1 aliphatic heterocycles. The molecular weight excluding hydrogens is 275 g/mol. The highest BCUT2D eigenvalue weighted by Gasteiger charge is 2.28. The van der Waals surface area contributed by atoms with Crippen molar-refractivity contribution in [3.8, 4) is 0 Å². The Balaban J connectivity index is 2.00. The summed E-state index contributed by atoms with van der Waals surface area (Å²) in [5.74, 6) is 0. The Kier molecular flexibility index (Phi) is 4.05. The molecule has 1 unspecified atom stereocenters. The quantitative estimate of drug-likeness (QED) is 0.758. The molecule has 1 saturated heterocycles. The molecule has 0 aromatic carbocycles. The maximum atomic E-state index is 11.6. The Hall–Kier alpha value is -1.21. The van der Waals surface area contributed by atoms with Gasteiger partial charge < -0.3 is 14.2 Å². The first kappa shape index (κ1) is 14.2. The van der Waals surface area contributed by atoms with E-state index in [0.29, 0.717) is 12.8 Å². The van der Waals surface area contributed by atoms with Crippen LogP contribution in [0.1, 0.15) is 19.1 Å². The SMILES string of the molecule is CP(=O)(O)OC[C@@H]1CC[C@H](n2ccc(=O)[nH]c2=O)O1. The van der Waals surface area contributed by atoms with Gasteiger partial charge >= 0.3 is 13.3 Å². The average Bonchev–Trinajstić information content (AvgIpc) is 2.74. The Labute approximate surface area is 108 Å². The first-order valence-corrected chi connectivity index (χ1v) is 7.79. The lowest BCUT2D eigenvalue weighted by Crippen LogP contribution is -2.31. The zero-order chi connectivity index (χ0) is 14.0. The number of aromatic nitrogens is 2. The van der Waals surface area contributed by atoms with Gasteiger partial charge in [0.25, 0.3) is 5.56 Å². The third kappa shape index (κ3) is 3.87. The molecule has 9 heteroatoms. The number of nitrogens with zero attached hydrogens (tertiary/aromatic N) is 1. The lowest BCUT2D eigenvalue weighted by Gasteiger charge is -2.16. The largest absolute Gasteiger partial charge is 0.352 e. The summed E-state index contributed by atoms with van der Waals surface area (Å²) in [7, 11) is -3.52. The van der Waals surface area contributed by atoms with Crippen LogP contribution in [0.25, 0.3) is 0 Å². The van der Waals surface area contributed by atoms with E-state index in [0.717, 1.165) is 6.66 Å². The molecule has 2 N–H and O–H groups in total. The molecule has 0 radical (unpaired) electrons. The zero-order valence-electron chi connectivity index (χ0n) is 10.3. The number of nitrogens with one attached hydrogen (secondary N) is 1. The van der Waals surface area contributed by atoms with Gasteiger partial charge in [-0.15, -0.1) is 0 Å². The molecule has 1 aromatic rings. The molecule has 0 spiro atoms. The summed E-state index contributed by atoms with van der Waals surface area (Å²) in [6, 6.07) is 1.24. The monoisotopic (exact) mass is 290 g/mol. The van der Waals surface area contributed by atoms with Crippen molar-refractivity contribution in [3.05, 3.63) is 33.1 Å². The van der Waals surface area contributed by atoms with Gasteiger partial charge in [-0.05, 0) is 12.8 Å². The highest BCUT2D eigenvalue weighted by atomic mass is 31.2. The van der Waals surface area contributed by atoms with Crippen molar-refractivity contribution >= 4 is 7.60 Å². The van der Waals surface area contributed by atoms with E-state index >= 15 is 0 Å². The first-order chi connectivity index (χ1) is 8.85. The second-order valence-electron chi connectivity index (χ2n) is 4.41. The highest BCUT2D eigenvalue weighted by Crippen LogP contribution is 2.38. The molecule has 2 rings (SSSR count). The molecule has 0 aliphatic carbocycles. The van der Waals surface area contributed by atoms with Crippen molar-refractivity contribution in [1.82, 2.24) is 9.55 Å². The van der Waals surface area contributed by atoms with Gasteiger partial charge in [0.05, 0.1) is 12.7 Å². The van der Waals surface area contributed by atoms with E-state index in [-0.39, 0.29) is 12.7 Å². The Morgan fingerprint density at radius 3 is 2.95 bits per heavy atom. The van der Waals surface area contributed by atoms with E-state index in [4.69, 9.17) is 14.2 Å². The predicted octanol–water partition coefficient (Wildman–Crippen LogP) is 0.0460. The molecule has 0 bridgehead atoms. The normalized spacial score (nSPS) is 26.2. The number of hydrogen-bond donors (Lipinski definition) is 2. The van der Waals surface area contributed by atoms with Crippen LogP contribution < -0.4 is 11.2 Å². The van der Waals surface area contributed by atoms with Crippen LogP contribution in [0.5, 0.6) is 0 Å². The summed E-state index contributed by atoms with van der Waals surface area (Å²) in [5.41, 5.74) is -1.01. The maximum absolute atomic E-state index is 11.6. The molecular formula is C10H15N2O6P. The lowest BCUT2D eigenvalue weighted by molar-refractivity contribution is -0.0212. The van der Waals surface area contributed by atoms with Crippen molar-refractivity contribution in [2.75, 3.05) is 13.3 Å². The lowest BCUT2D eigenvalue weighted by atomic mass is 10.2. The van der Waals surface area contributed by atoms with Gasteiger partial charge in [-0.1, -0.05) is 0 Å². The Bertz CT molecular complexity index is 603. The second-order valence-corrected chi connectivity index (χ2v) is 6.27. The fourth-order valence-corrected chi connectivity index (χ4v) is 2.33. The van der Waals surface area contributed by atoms with Gasteiger partial charge in [-0.2, -0.15) is 0 Å². The summed E-state index contributed by atoms with van der Waals surface area (Å²) in [6.07, 6.45) is 1.71. The predicted molar refractivity (Wildman–Crippen MR) is 66.2 cm³/mol. The molecule has 0 amide bonds. The Morgan fingerprint density at radius 2 is 2.32 bits per heavy atom. The molecule has 1 fully saturated rings. The van der Waals surface area contributed by atoms with Crippen LogP contribution in [0.4, 0.5) is 0 Å². The molecule has 8 nitrogen and oxygen atoms in total. The number of ether oxygens (including phenoxy) is 1. The van der Waals surface area contributed by atoms with E-state index in [9.17, 15) is 14.2 Å². The minimum absolute atomic E-state index is 0.00111. The zero-order valence-corrected chi connectivity index (χ0v) is 11.2. The van der Waals surface area contributed by atoms with Gasteiger partial charge in [-0.25, -0.2) is 4.79 Å². The topological polar surface area (TPSA) is 111 Å². The molecule has 1 aromatic heterocycles. The van der Waals surface area contributed by atoms with E-state index < -0.39 is 25.1 Å². The van der Waals surface area contributed by atoms with E-state index in [2.05, 4.69) is 4.98 Å². The van der Waals surface area contributed by atoms with Gasteiger partial charge in [-0.3, -0.25) is 18.9 Å². The Morgan fingerprint density at radius 1 is 1.58 bits per heavy atom. The van der Waals surface area contributed by atoms with E-state index in [1.807, 2.05) is 0 Å². The highest BCUT2D eigenvalue weighted by molar-refractivity contribution is 7.51. The smallest absolute Gasteiger partial charge is 0.330 e. The molecule has 2 heterocycles. The van der Waals surface area contributed by atoms with Crippen molar-refractivity contribution in [1.29, 1.82) is 0 Å². The molecule has 19 heavy (non-hydrogen) atoms. The minimum atomic E-state index is -3.52. The van der Waals surface area contributed by atoms with Gasteiger partial charge in [0.1, 0.15) is 6.23 Å². The van der Waals surface area contributed by atoms with Gasteiger partial charge in [0.15, 0.2) is 0 Å². The number of hydrogen-bond acceptors (Lipinski definition) is 5. The van der Waals surface area contributed by atoms with Crippen LogP contribution >= 0.6 is 7.60 Å². The number of aromatic amines is 1. The van der Waals surface area contributed by atoms with Crippen LogP contribution in [-0.2, 0) is 13.8 Å². The van der Waals surface area contributed by atoms with Crippen LogP contribution in [0.3, 0.4) is 0 Å². The van der Waals surface area contributed by atoms with E-state index in [1.54, 1.807) is 0 Å². The number of rotatable bonds is 4. The summed E-state index contributed by atoms with van der Waals surface area (Å²) >= 11 is 0. The second kappa shape index (κ2) is 5.42. The van der Waals surface area contributed by atoms with Crippen LogP contribution in [0.2, 0.25) is 0 Å². The number of H-pyrrole nitrogens is 1. The maximum Gasteiger partial charge on any atom is 0.330 e. The fraction of sp³-hybridized carbons (Fsp3) is 0.600. The van der Waals surface area contributed by atoms with Crippen molar-refractivity contribution in [2.45, 2.75) is 25.2 Å². The summed E-state index contributed by atoms with van der Waals surface area (Å²) in [4.78, 5) is 33.7. The molecule has 3 atom stereocenters. The van der Waals surface area contributed by atoms with Crippen LogP contribution in [-0.4, -0.2) is 33.8 Å². The van der Waals surface area contributed by atoms with Gasteiger partial charge in [0, 0.05) is 18.9 Å². The summed E-state index contributed by atoms with van der Waals surface area (Å²) in [5, 5.41) is 0. The molecule has 1 aliphatic rings. The van der Waals surface area contributed by atoms with Gasteiger partial charge in [0.2, 0.25) is 0 Å². The van der Waals surface area contributed by atoms with E-state index in [1.165, 1.54) is 16.8 Å². The standard InChI is InChI=1S/C10H15N2O6P/c1-19(15,16)17-6-7-2-3-9(18-7)12-5-4-8(13)11-10(12)14/h4-5,7,9H,2-3,6H2,1H3,(H,15,16)(H,11,13,14)/t7-,9+/m0/s1. The molecule has 106 valence electrons. The average molecular weight is 290 g/mol. The third-order valence-electron chi connectivity index (χ3n) is 2.75. The first-order valence-electron chi connectivity index (χ1n) is 5.77. The molecule has 0 saturated carbocycles. The van der Waals surface area contributed by atoms with Crippen LogP contribution in [0.15, 0.2) is 21.9 Å². The summed E-state index contributed by atoms with van der Waals surface area (Å²) in [6.45, 7) is 1.10. The fourth-order valence-electron chi connectivity index (χ4n) is 1.89.